The summed E-state index contributed by atoms with van der Waals surface area (Å²) in [6.07, 6.45) is -1.67. The molecule has 0 aromatic heterocycles. The second-order valence-corrected chi connectivity index (χ2v) is 8.28. The number of amides is 2. The molecule has 0 radical (unpaired) electrons. The fourth-order valence-corrected chi connectivity index (χ4v) is 4.20. The summed E-state index contributed by atoms with van der Waals surface area (Å²) in [5, 5.41) is 14.4. The first kappa shape index (κ1) is 23.8. The quantitative estimate of drug-likeness (QED) is 0.449. The van der Waals surface area contributed by atoms with Crippen molar-refractivity contribution in [1.82, 2.24) is 10.6 Å². The molecule has 2 amide bonds. The average molecular weight is 475 g/mol. The zero-order chi connectivity index (χ0) is 24.8. The molecule has 1 aliphatic rings. The van der Waals surface area contributed by atoms with Crippen LogP contribution in [0.1, 0.15) is 29.5 Å². The molecule has 0 bridgehead atoms. The first-order valence-electron chi connectivity index (χ1n) is 11.3. The van der Waals surface area contributed by atoms with Crippen molar-refractivity contribution >= 4 is 18.2 Å². The summed E-state index contributed by atoms with van der Waals surface area (Å²) >= 11 is 0. The van der Waals surface area contributed by atoms with Gasteiger partial charge < -0.3 is 25.2 Å². The van der Waals surface area contributed by atoms with E-state index < -0.39 is 30.2 Å². The Morgan fingerprint density at radius 3 is 1.94 bits per heavy atom. The zero-order valence-corrected chi connectivity index (χ0v) is 19.1. The van der Waals surface area contributed by atoms with E-state index in [1.165, 1.54) is 6.92 Å². The summed E-state index contributed by atoms with van der Waals surface area (Å²) in [5.41, 5.74) is 5.07. The summed E-state index contributed by atoms with van der Waals surface area (Å²) in [6.45, 7) is 1.55. The minimum Gasteiger partial charge on any atom is -0.480 e. The Bertz CT molecular complexity index is 1170. The van der Waals surface area contributed by atoms with Crippen molar-refractivity contribution < 1.29 is 29.0 Å². The van der Waals surface area contributed by atoms with E-state index in [1.54, 1.807) is 12.1 Å². The van der Waals surface area contributed by atoms with Gasteiger partial charge in [-0.3, -0.25) is 0 Å². The number of alkyl carbamates (subject to hydrolysis) is 2. The van der Waals surface area contributed by atoms with Gasteiger partial charge in [0.25, 0.3) is 0 Å². The molecule has 35 heavy (non-hydrogen) atoms. The van der Waals surface area contributed by atoms with Gasteiger partial charge in [-0.05, 0) is 34.7 Å². The van der Waals surface area contributed by atoms with Crippen molar-refractivity contribution in [3.63, 3.8) is 0 Å². The standard InChI is InChI=1S/C27H26N2O6/c1-17(28-26(32)34-15-18-9-3-2-4-10-18)24(25(30)31)29-27(33)35-16-23-21-13-7-5-11-19(21)20-12-6-8-14-22(20)23/h2-14,17,23-24H,15-16H2,1H3,(H,28,32)(H,29,33)(H,30,31)/t17-,24-/m1/s1. The molecule has 3 aromatic carbocycles. The summed E-state index contributed by atoms with van der Waals surface area (Å²) in [7, 11) is 0. The van der Waals surface area contributed by atoms with Crippen LogP contribution in [0.2, 0.25) is 0 Å². The van der Waals surface area contributed by atoms with E-state index in [-0.39, 0.29) is 19.1 Å². The van der Waals surface area contributed by atoms with Gasteiger partial charge in [0.1, 0.15) is 19.3 Å². The Hall–Kier alpha value is -4.33. The molecule has 3 aromatic rings. The monoisotopic (exact) mass is 474 g/mol. The van der Waals surface area contributed by atoms with Crippen molar-refractivity contribution in [3.05, 3.63) is 95.6 Å². The zero-order valence-electron chi connectivity index (χ0n) is 19.1. The van der Waals surface area contributed by atoms with Crippen LogP contribution >= 0.6 is 0 Å². The molecule has 180 valence electrons. The Kier molecular flexibility index (Phi) is 7.30. The lowest BCUT2D eigenvalue weighted by Crippen LogP contribution is -2.54. The van der Waals surface area contributed by atoms with Gasteiger partial charge in [-0.25, -0.2) is 14.4 Å². The topological polar surface area (TPSA) is 114 Å². The molecule has 4 rings (SSSR count). The van der Waals surface area contributed by atoms with Crippen molar-refractivity contribution in [2.24, 2.45) is 0 Å². The van der Waals surface area contributed by atoms with Crippen LogP contribution in [0.25, 0.3) is 11.1 Å². The molecule has 1 aliphatic carbocycles. The van der Waals surface area contributed by atoms with Crippen LogP contribution < -0.4 is 10.6 Å². The molecule has 0 spiro atoms. The van der Waals surface area contributed by atoms with Gasteiger partial charge in [-0.2, -0.15) is 0 Å². The number of carbonyl (C=O) groups is 3. The highest BCUT2D eigenvalue weighted by Gasteiger charge is 2.31. The van der Waals surface area contributed by atoms with Crippen molar-refractivity contribution in [1.29, 1.82) is 0 Å². The smallest absolute Gasteiger partial charge is 0.407 e. The van der Waals surface area contributed by atoms with Crippen molar-refractivity contribution in [2.45, 2.75) is 31.5 Å². The number of ether oxygens (including phenoxy) is 2. The number of hydrogen-bond donors (Lipinski definition) is 3. The molecule has 0 saturated heterocycles. The van der Waals surface area contributed by atoms with Gasteiger partial charge in [-0.1, -0.05) is 78.9 Å². The molecule has 0 aliphatic heterocycles. The van der Waals surface area contributed by atoms with Crippen LogP contribution in [-0.4, -0.2) is 42.0 Å². The Balaban J connectivity index is 1.33. The van der Waals surface area contributed by atoms with Gasteiger partial charge in [0.2, 0.25) is 0 Å². The maximum absolute atomic E-state index is 12.5. The lowest BCUT2D eigenvalue weighted by molar-refractivity contribution is -0.139. The van der Waals surface area contributed by atoms with Crippen LogP contribution in [0.4, 0.5) is 9.59 Å². The van der Waals surface area contributed by atoms with Crippen LogP contribution in [0.3, 0.4) is 0 Å². The lowest BCUT2D eigenvalue weighted by atomic mass is 9.98. The van der Waals surface area contributed by atoms with Crippen LogP contribution in [0.15, 0.2) is 78.9 Å². The Morgan fingerprint density at radius 2 is 1.34 bits per heavy atom. The predicted octanol–water partition coefficient (Wildman–Crippen LogP) is 4.29. The third-order valence-corrected chi connectivity index (χ3v) is 5.94. The third-order valence-electron chi connectivity index (χ3n) is 5.94. The largest absolute Gasteiger partial charge is 0.480 e. The summed E-state index contributed by atoms with van der Waals surface area (Å²) in [5.74, 6) is -1.46. The number of benzene rings is 3. The van der Waals surface area contributed by atoms with Gasteiger partial charge in [-0.15, -0.1) is 0 Å². The van der Waals surface area contributed by atoms with E-state index in [0.717, 1.165) is 27.8 Å². The number of rotatable bonds is 8. The van der Waals surface area contributed by atoms with Gasteiger partial charge >= 0.3 is 18.2 Å². The normalized spacial score (nSPS) is 13.6. The van der Waals surface area contributed by atoms with Crippen LogP contribution in [-0.2, 0) is 20.9 Å². The Labute approximate surface area is 202 Å². The van der Waals surface area contributed by atoms with E-state index >= 15 is 0 Å². The number of fused-ring (bicyclic) bond motifs is 3. The van der Waals surface area contributed by atoms with Crippen molar-refractivity contribution in [3.8, 4) is 11.1 Å². The maximum atomic E-state index is 12.5. The molecular weight excluding hydrogens is 448 g/mol. The van der Waals surface area contributed by atoms with Crippen molar-refractivity contribution in [2.75, 3.05) is 6.61 Å². The van der Waals surface area contributed by atoms with E-state index in [2.05, 4.69) is 10.6 Å². The highest BCUT2D eigenvalue weighted by Crippen LogP contribution is 2.44. The molecule has 0 heterocycles. The van der Waals surface area contributed by atoms with E-state index in [0.29, 0.717) is 0 Å². The highest BCUT2D eigenvalue weighted by molar-refractivity contribution is 5.82. The number of hydrogen-bond acceptors (Lipinski definition) is 5. The third kappa shape index (κ3) is 5.60. The maximum Gasteiger partial charge on any atom is 0.407 e. The van der Waals surface area contributed by atoms with E-state index in [4.69, 9.17) is 9.47 Å². The second kappa shape index (κ2) is 10.7. The molecule has 0 fully saturated rings. The molecule has 0 saturated carbocycles. The minimum atomic E-state index is -1.41. The van der Waals surface area contributed by atoms with Crippen LogP contribution in [0.5, 0.6) is 0 Å². The summed E-state index contributed by atoms with van der Waals surface area (Å²) < 4.78 is 10.6. The average Bonchev–Trinajstić information content (AvgIpc) is 3.19. The first-order valence-corrected chi connectivity index (χ1v) is 11.3. The Morgan fingerprint density at radius 1 is 0.800 bits per heavy atom. The second-order valence-electron chi connectivity index (χ2n) is 8.28. The minimum absolute atomic E-state index is 0.0386. The number of carboxylic acids is 1. The molecule has 8 nitrogen and oxygen atoms in total. The van der Waals surface area contributed by atoms with E-state index in [1.807, 2.05) is 66.7 Å². The van der Waals surface area contributed by atoms with Gasteiger partial charge in [0.15, 0.2) is 0 Å². The summed E-state index contributed by atoms with van der Waals surface area (Å²) in [4.78, 5) is 36.4. The van der Waals surface area contributed by atoms with Gasteiger partial charge in [0, 0.05) is 5.92 Å². The lowest BCUT2D eigenvalue weighted by Gasteiger charge is -2.22. The van der Waals surface area contributed by atoms with Gasteiger partial charge in [0.05, 0.1) is 6.04 Å². The molecular formula is C27H26N2O6. The fraction of sp³-hybridized carbons (Fsp3) is 0.222. The number of aliphatic carboxylic acids is 1. The highest BCUT2D eigenvalue weighted by atomic mass is 16.6. The SMILES string of the molecule is C[C@@H](NC(=O)OCc1ccccc1)[C@@H](NC(=O)OCC1c2ccccc2-c2ccccc21)C(=O)O. The fourth-order valence-electron chi connectivity index (χ4n) is 4.20. The molecule has 2 atom stereocenters. The summed E-state index contributed by atoms with van der Waals surface area (Å²) in [6, 6.07) is 22.6. The number of carbonyl (C=O) groups excluding carboxylic acids is 2. The first-order chi connectivity index (χ1) is 16.9. The van der Waals surface area contributed by atoms with Crippen LogP contribution in [0, 0.1) is 0 Å². The van der Waals surface area contributed by atoms with E-state index in [9.17, 15) is 19.5 Å². The molecule has 8 heteroatoms. The number of nitrogens with one attached hydrogen (secondary N) is 2. The molecule has 0 unspecified atom stereocenters. The molecule has 3 N–H and O–H groups in total. The predicted molar refractivity (Wildman–Crippen MR) is 129 cm³/mol. The number of carboxylic acid groups (broad SMARTS) is 1.